The van der Waals surface area contributed by atoms with Gasteiger partial charge in [-0.05, 0) is 80.6 Å². The summed E-state index contributed by atoms with van der Waals surface area (Å²) in [6.45, 7) is 4.71. The molecule has 5 nitrogen and oxygen atoms in total. The van der Waals surface area contributed by atoms with Crippen LogP contribution in [0.4, 0.5) is 0 Å². The lowest BCUT2D eigenvalue weighted by atomic mass is 9.47. The molecule has 0 aromatic rings. The summed E-state index contributed by atoms with van der Waals surface area (Å²) in [5.41, 5.74) is 0.289. The Kier molecular flexibility index (Phi) is 3.88. The molecule has 162 valence electrons. The van der Waals surface area contributed by atoms with Crippen LogP contribution >= 0.6 is 0 Å². The monoisotopic (exact) mass is 412 g/mol. The Morgan fingerprint density at radius 2 is 1.83 bits per heavy atom. The average Bonchev–Trinajstić information content (AvgIpc) is 3.25. The summed E-state index contributed by atoms with van der Waals surface area (Å²) in [5, 5.41) is 0. The van der Waals surface area contributed by atoms with E-state index in [0.717, 1.165) is 44.9 Å². The molecule has 0 N–H and O–H groups in total. The van der Waals surface area contributed by atoms with Crippen molar-refractivity contribution in [2.75, 3.05) is 0 Å². The number of ketones is 2. The van der Waals surface area contributed by atoms with Gasteiger partial charge in [0, 0.05) is 18.3 Å². The third kappa shape index (κ3) is 2.31. The predicted octanol–water partition coefficient (Wildman–Crippen LogP) is 3.93. The number of allylic oxidation sites excluding steroid dienone is 1. The van der Waals surface area contributed by atoms with Crippen LogP contribution in [0.25, 0.3) is 0 Å². The number of hydrogen-bond donors (Lipinski definition) is 0. The molecule has 5 heteroatoms. The molecular weight excluding hydrogens is 380 g/mol. The highest BCUT2D eigenvalue weighted by atomic mass is 16.7. The zero-order valence-electron chi connectivity index (χ0n) is 18.1. The van der Waals surface area contributed by atoms with Gasteiger partial charge in [-0.25, -0.2) is 4.79 Å². The molecule has 4 saturated carbocycles. The zero-order valence-corrected chi connectivity index (χ0v) is 18.1. The van der Waals surface area contributed by atoms with Crippen molar-refractivity contribution in [1.29, 1.82) is 0 Å². The average molecular weight is 413 g/mol. The van der Waals surface area contributed by atoms with Gasteiger partial charge in [0.25, 0.3) is 0 Å². The Hall–Kier alpha value is -1.49. The van der Waals surface area contributed by atoms with Gasteiger partial charge in [-0.2, -0.15) is 0 Å². The molecule has 1 saturated heterocycles. The van der Waals surface area contributed by atoms with Gasteiger partial charge in [0.1, 0.15) is 12.2 Å². The lowest BCUT2D eigenvalue weighted by Gasteiger charge is -2.57. The summed E-state index contributed by atoms with van der Waals surface area (Å²) in [4.78, 5) is 37.2. The fraction of sp³-hybridized carbons (Fsp3) is 0.800. The molecule has 0 aromatic heterocycles. The second-order valence-corrected chi connectivity index (χ2v) is 11.3. The van der Waals surface area contributed by atoms with Crippen molar-refractivity contribution in [3.63, 3.8) is 0 Å². The number of carbonyl (C=O) groups excluding carboxylic acids is 3. The summed E-state index contributed by atoms with van der Waals surface area (Å²) in [6.07, 6.45) is 10.7. The van der Waals surface area contributed by atoms with E-state index in [2.05, 4.69) is 13.8 Å². The van der Waals surface area contributed by atoms with Crippen molar-refractivity contribution in [1.82, 2.24) is 0 Å². The second-order valence-electron chi connectivity index (χ2n) is 11.3. The molecule has 3 unspecified atom stereocenters. The second kappa shape index (κ2) is 6.05. The number of ether oxygens (including phenoxy) is 2. The Labute approximate surface area is 177 Å². The van der Waals surface area contributed by atoms with Crippen LogP contribution in [0.3, 0.4) is 0 Å². The first-order valence-corrected chi connectivity index (χ1v) is 11.9. The number of fused-ring (bicyclic) bond motifs is 6. The van der Waals surface area contributed by atoms with Gasteiger partial charge in [0.2, 0.25) is 5.60 Å². The Morgan fingerprint density at radius 1 is 1.00 bits per heavy atom. The maximum atomic E-state index is 12.9. The van der Waals surface area contributed by atoms with Gasteiger partial charge in [-0.1, -0.05) is 19.4 Å². The summed E-state index contributed by atoms with van der Waals surface area (Å²) in [6, 6.07) is 0. The molecule has 5 aliphatic carbocycles. The molecule has 0 radical (unpaired) electrons. The fourth-order valence-electron chi connectivity index (χ4n) is 8.36. The summed E-state index contributed by atoms with van der Waals surface area (Å²) in [7, 11) is 0. The minimum Gasteiger partial charge on any atom is -0.459 e. The van der Waals surface area contributed by atoms with E-state index in [0.29, 0.717) is 42.8 Å². The predicted molar refractivity (Wildman–Crippen MR) is 108 cm³/mol. The maximum Gasteiger partial charge on any atom is 0.349 e. The first kappa shape index (κ1) is 19.2. The van der Waals surface area contributed by atoms with Gasteiger partial charge < -0.3 is 9.47 Å². The topological polar surface area (TPSA) is 73.0 Å². The van der Waals surface area contributed by atoms with Crippen LogP contribution in [0.5, 0.6) is 0 Å². The van der Waals surface area contributed by atoms with E-state index < -0.39 is 11.6 Å². The lowest BCUT2D eigenvalue weighted by Crippen LogP contribution is -2.52. The zero-order chi connectivity index (χ0) is 20.9. The Morgan fingerprint density at radius 3 is 2.57 bits per heavy atom. The quantitative estimate of drug-likeness (QED) is 0.390. The van der Waals surface area contributed by atoms with Crippen molar-refractivity contribution in [2.24, 2.45) is 28.6 Å². The summed E-state index contributed by atoms with van der Waals surface area (Å²) in [5.74, 6) is 1.61. The molecular formula is C25H32O5. The van der Waals surface area contributed by atoms with E-state index in [-0.39, 0.29) is 28.8 Å². The normalized spacial score (nSPS) is 51.4. The molecule has 0 spiro atoms. The van der Waals surface area contributed by atoms with Crippen LogP contribution in [0, 0.1) is 28.6 Å². The van der Waals surface area contributed by atoms with Crippen molar-refractivity contribution < 1.29 is 23.9 Å². The largest absolute Gasteiger partial charge is 0.459 e. The van der Waals surface area contributed by atoms with E-state index in [1.807, 2.05) is 6.08 Å². The maximum absolute atomic E-state index is 12.9. The van der Waals surface area contributed by atoms with Gasteiger partial charge >= 0.3 is 5.97 Å². The van der Waals surface area contributed by atoms with Crippen LogP contribution in [0.1, 0.15) is 78.1 Å². The molecule has 5 fully saturated rings. The molecule has 30 heavy (non-hydrogen) atoms. The van der Waals surface area contributed by atoms with Crippen LogP contribution in [-0.4, -0.2) is 35.3 Å². The minimum atomic E-state index is -1.25. The highest BCUT2D eigenvalue weighted by molar-refractivity contribution is 6.12. The summed E-state index contributed by atoms with van der Waals surface area (Å²) < 4.78 is 11.6. The molecule has 6 aliphatic rings. The molecule has 0 bridgehead atoms. The van der Waals surface area contributed by atoms with Crippen LogP contribution in [-0.2, 0) is 23.9 Å². The number of Topliss-reactive ketones (excluding diaryl/α,β-unsaturated/α-hetero) is 1. The molecule has 1 heterocycles. The standard InChI is InChI=1S/C25H32O5/c1-23-11-9-15(26)13-14(23)3-4-16-17-5-7-20(24(17,2)12-10-18(16)23)29-22(28)25-19(27)6-8-21(25)30-25/h13,16-18,20-21H,3-12H2,1-2H3/t16-,17-,18-,20?,21?,23-,24-,25?/m0/s1. The number of hydrogen-bond acceptors (Lipinski definition) is 5. The highest BCUT2D eigenvalue weighted by Crippen LogP contribution is 2.66. The third-order valence-corrected chi connectivity index (χ3v) is 10.2. The van der Waals surface area contributed by atoms with Gasteiger partial charge in [0.15, 0.2) is 11.6 Å². The van der Waals surface area contributed by atoms with Crippen LogP contribution in [0.2, 0.25) is 0 Å². The molecule has 8 atom stereocenters. The molecule has 0 amide bonds. The highest BCUT2D eigenvalue weighted by Gasteiger charge is 2.73. The van der Waals surface area contributed by atoms with E-state index in [4.69, 9.17) is 9.47 Å². The fourth-order valence-corrected chi connectivity index (χ4v) is 8.36. The van der Waals surface area contributed by atoms with Gasteiger partial charge in [-0.15, -0.1) is 0 Å². The van der Waals surface area contributed by atoms with E-state index in [1.54, 1.807) is 0 Å². The van der Waals surface area contributed by atoms with Crippen molar-refractivity contribution in [3.05, 3.63) is 11.6 Å². The number of rotatable bonds is 2. The number of esters is 1. The molecule has 0 aromatic carbocycles. The number of carbonyl (C=O) groups is 3. The van der Waals surface area contributed by atoms with E-state index in [1.165, 1.54) is 5.57 Å². The van der Waals surface area contributed by atoms with E-state index in [9.17, 15) is 14.4 Å². The van der Waals surface area contributed by atoms with Crippen LogP contribution in [0.15, 0.2) is 11.6 Å². The van der Waals surface area contributed by atoms with Crippen LogP contribution < -0.4 is 0 Å². The van der Waals surface area contributed by atoms with Crippen molar-refractivity contribution in [2.45, 2.75) is 95.9 Å². The van der Waals surface area contributed by atoms with Crippen molar-refractivity contribution in [3.8, 4) is 0 Å². The first-order chi connectivity index (χ1) is 14.3. The third-order valence-electron chi connectivity index (χ3n) is 10.2. The minimum absolute atomic E-state index is 0.0123. The lowest BCUT2D eigenvalue weighted by molar-refractivity contribution is -0.167. The van der Waals surface area contributed by atoms with E-state index >= 15 is 0 Å². The SMILES string of the molecule is C[C@]12CCC(=O)C=C1CC[C@@H]1[C@@H]2CC[C@]2(C)C(OC(=O)C34OC3CCC4=O)CC[C@@H]12. The number of epoxide rings is 1. The first-order valence-electron chi connectivity index (χ1n) is 11.9. The van der Waals surface area contributed by atoms with Gasteiger partial charge in [-0.3, -0.25) is 9.59 Å². The van der Waals surface area contributed by atoms with Crippen molar-refractivity contribution >= 4 is 17.5 Å². The Bertz CT molecular complexity index is 875. The van der Waals surface area contributed by atoms with Gasteiger partial charge in [0.05, 0.1) is 0 Å². The molecule has 6 rings (SSSR count). The Balaban J connectivity index is 1.23. The smallest absolute Gasteiger partial charge is 0.349 e. The molecule has 1 aliphatic heterocycles. The summed E-state index contributed by atoms with van der Waals surface area (Å²) >= 11 is 0.